The van der Waals surface area contributed by atoms with Crippen LogP contribution < -0.4 is 15.9 Å². The third kappa shape index (κ3) is 4.62. The maximum atomic E-state index is 14.6. The zero-order chi connectivity index (χ0) is 30.0. The molecule has 3 aromatic carbocycles. The van der Waals surface area contributed by atoms with Crippen molar-refractivity contribution >= 4 is 38.5 Å². The number of benzene rings is 3. The second-order valence-electron chi connectivity index (χ2n) is 11.4. The summed E-state index contributed by atoms with van der Waals surface area (Å²) >= 11 is 0. The molecule has 1 aliphatic rings. The molecule has 10 heteroatoms. The summed E-state index contributed by atoms with van der Waals surface area (Å²) in [6.45, 7) is 4.82. The minimum atomic E-state index is -4.61. The fourth-order valence-electron chi connectivity index (χ4n) is 6.33. The maximum absolute atomic E-state index is 14.6. The Hall–Kier alpha value is -4.70. The Morgan fingerprint density at radius 3 is 2.37 bits per heavy atom. The first kappa shape index (κ1) is 27.2. The normalized spacial score (nSPS) is 17.8. The molecule has 0 saturated carbocycles. The molecular formula is C33H29F3N6O. The number of rotatable bonds is 3. The van der Waals surface area contributed by atoms with E-state index in [4.69, 9.17) is 0 Å². The number of hydrogen-bond acceptors (Lipinski definition) is 5. The van der Waals surface area contributed by atoms with Gasteiger partial charge in [-0.2, -0.15) is 13.2 Å². The molecule has 7 nitrogen and oxygen atoms in total. The van der Waals surface area contributed by atoms with Crippen LogP contribution in [0.4, 0.5) is 18.9 Å². The van der Waals surface area contributed by atoms with Crippen LogP contribution in [0.15, 0.2) is 83.9 Å². The number of aryl methyl sites for hydroxylation is 1. The van der Waals surface area contributed by atoms with Crippen molar-refractivity contribution in [3.8, 4) is 16.8 Å². The highest BCUT2D eigenvalue weighted by atomic mass is 19.4. The lowest BCUT2D eigenvalue weighted by Gasteiger charge is -2.38. The van der Waals surface area contributed by atoms with Gasteiger partial charge in [-0.3, -0.25) is 19.1 Å². The molecule has 2 unspecified atom stereocenters. The highest BCUT2D eigenvalue weighted by Crippen LogP contribution is 2.39. The Bertz CT molecular complexity index is 2090. The van der Waals surface area contributed by atoms with Crippen molar-refractivity contribution in [2.24, 2.45) is 7.05 Å². The first-order valence-electron chi connectivity index (χ1n) is 14.2. The number of alkyl halides is 3. The topological polar surface area (TPSA) is 68.0 Å². The molecule has 1 saturated heterocycles. The van der Waals surface area contributed by atoms with Gasteiger partial charge >= 0.3 is 11.9 Å². The number of nitrogens with zero attached hydrogens (tertiary/aromatic N) is 5. The van der Waals surface area contributed by atoms with Crippen molar-refractivity contribution in [2.45, 2.75) is 32.1 Å². The third-order valence-electron chi connectivity index (χ3n) is 8.25. The van der Waals surface area contributed by atoms with Crippen LogP contribution in [0.25, 0.3) is 49.7 Å². The van der Waals surface area contributed by atoms with Crippen LogP contribution in [0.1, 0.15) is 19.4 Å². The van der Waals surface area contributed by atoms with Crippen molar-refractivity contribution in [1.29, 1.82) is 0 Å². The third-order valence-corrected chi connectivity index (χ3v) is 8.25. The Morgan fingerprint density at radius 2 is 1.60 bits per heavy atom. The van der Waals surface area contributed by atoms with E-state index in [1.165, 1.54) is 15.2 Å². The summed E-state index contributed by atoms with van der Waals surface area (Å²) in [5.41, 5.74) is 3.30. The molecule has 1 aliphatic heterocycles. The number of piperazine rings is 1. The van der Waals surface area contributed by atoms with Gasteiger partial charge < -0.3 is 10.2 Å². The van der Waals surface area contributed by atoms with E-state index in [0.717, 1.165) is 28.1 Å². The van der Waals surface area contributed by atoms with Crippen LogP contribution in [0.3, 0.4) is 0 Å². The van der Waals surface area contributed by atoms with Gasteiger partial charge in [0.25, 0.3) is 0 Å². The van der Waals surface area contributed by atoms with Crippen LogP contribution in [-0.4, -0.2) is 44.3 Å². The average molecular weight is 583 g/mol. The summed E-state index contributed by atoms with van der Waals surface area (Å²) in [5, 5.41) is 5.01. The summed E-state index contributed by atoms with van der Waals surface area (Å²) in [6, 6.07) is 19.8. The number of hydrogen-bond donors (Lipinski definition) is 1. The number of anilines is 1. The van der Waals surface area contributed by atoms with Gasteiger partial charge in [0.1, 0.15) is 0 Å². The molecule has 3 aromatic heterocycles. The van der Waals surface area contributed by atoms with E-state index in [1.54, 1.807) is 30.4 Å². The van der Waals surface area contributed by atoms with E-state index in [9.17, 15) is 18.0 Å². The Labute approximate surface area is 245 Å². The smallest absolute Gasteiger partial charge is 0.368 e. The second-order valence-corrected chi connectivity index (χ2v) is 11.4. The number of aromatic nitrogens is 4. The number of imidazole rings is 1. The van der Waals surface area contributed by atoms with E-state index >= 15 is 0 Å². The van der Waals surface area contributed by atoms with E-state index < -0.39 is 17.4 Å². The fourth-order valence-corrected chi connectivity index (χ4v) is 6.33. The van der Waals surface area contributed by atoms with E-state index in [1.807, 2.05) is 62.4 Å². The molecule has 0 radical (unpaired) electrons. The predicted octanol–water partition coefficient (Wildman–Crippen LogP) is 6.30. The first-order valence-corrected chi connectivity index (χ1v) is 14.2. The molecule has 0 aliphatic carbocycles. The molecule has 0 bridgehead atoms. The number of halogens is 3. The molecule has 4 heterocycles. The molecule has 2 atom stereocenters. The largest absolute Gasteiger partial charge is 0.418 e. The van der Waals surface area contributed by atoms with Gasteiger partial charge in [0.05, 0.1) is 39.5 Å². The molecule has 7 rings (SSSR count). The molecule has 1 N–H and O–H groups in total. The molecule has 0 amide bonds. The quantitative estimate of drug-likeness (QED) is 0.265. The second kappa shape index (κ2) is 9.95. The van der Waals surface area contributed by atoms with Gasteiger partial charge in [0, 0.05) is 60.4 Å². The summed E-state index contributed by atoms with van der Waals surface area (Å²) in [6.07, 6.45) is -1.23. The zero-order valence-electron chi connectivity index (χ0n) is 23.9. The van der Waals surface area contributed by atoms with Crippen LogP contribution in [-0.2, 0) is 13.2 Å². The van der Waals surface area contributed by atoms with Crippen molar-refractivity contribution in [3.05, 3.63) is 95.2 Å². The molecule has 218 valence electrons. The monoisotopic (exact) mass is 582 g/mol. The maximum Gasteiger partial charge on any atom is 0.418 e. The minimum absolute atomic E-state index is 0.0380. The highest BCUT2D eigenvalue weighted by Gasteiger charge is 2.37. The van der Waals surface area contributed by atoms with Crippen molar-refractivity contribution in [3.63, 3.8) is 0 Å². The Kier molecular flexibility index (Phi) is 6.28. The van der Waals surface area contributed by atoms with Crippen LogP contribution in [0.2, 0.25) is 0 Å². The first-order chi connectivity index (χ1) is 20.6. The van der Waals surface area contributed by atoms with Crippen LogP contribution in [0, 0.1) is 0 Å². The molecule has 6 aromatic rings. The van der Waals surface area contributed by atoms with E-state index in [2.05, 4.69) is 15.3 Å². The Balaban J connectivity index is 1.44. The summed E-state index contributed by atoms with van der Waals surface area (Å²) in [4.78, 5) is 24.6. The van der Waals surface area contributed by atoms with Crippen molar-refractivity contribution in [2.75, 3.05) is 18.0 Å². The van der Waals surface area contributed by atoms with Gasteiger partial charge in [-0.25, -0.2) is 4.79 Å². The standard InChI is InChI=1S/C33H29F3N6O/c1-19-17-41(18-20(2)39-19)29-11-9-24(14-26(29)33(34,35)36)42-31-25-13-21(23-12-22-6-4-5-7-27(22)37-15-23)8-10-28(25)38-16-30(31)40(3)32(42)43/h4-16,19-20,39H,17-18H2,1-3H3. The van der Waals surface area contributed by atoms with E-state index in [0.29, 0.717) is 35.0 Å². The van der Waals surface area contributed by atoms with Gasteiger partial charge in [-0.1, -0.05) is 24.3 Å². The SMILES string of the molecule is CC1CN(c2ccc(-n3c(=O)n(C)c4cnc5ccc(-c6cnc7ccccc7c6)cc5c43)cc2C(F)(F)F)CC(C)N1. The highest BCUT2D eigenvalue weighted by molar-refractivity contribution is 6.05. The lowest BCUT2D eigenvalue weighted by Crippen LogP contribution is -2.54. The number of para-hydroxylation sites is 1. The zero-order valence-corrected chi connectivity index (χ0v) is 23.9. The molecule has 0 spiro atoms. The predicted molar refractivity (Wildman–Crippen MR) is 164 cm³/mol. The van der Waals surface area contributed by atoms with E-state index in [-0.39, 0.29) is 23.5 Å². The summed E-state index contributed by atoms with van der Waals surface area (Å²) in [7, 11) is 1.61. The number of pyridine rings is 2. The Morgan fingerprint density at radius 1 is 0.860 bits per heavy atom. The molecule has 1 fully saturated rings. The summed E-state index contributed by atoms with van der Waals surface area (Å²) < 4.78 is 46.5. The van der Waals surface area contributed by atoms with Gasteiger partial charge in [-0.15, -0.1) is 0 Å². The van der Waals surface area contributed by atoms with Crippen LogP contribution in [0.5, 0.6) is 0 Å². The minimum Gasteiger partial charge on any atom is -0.368 e. The lowest BCUT2D eigenvalue weighted by atomic mass is 10.0. The molecular weight excluding hydrogens is 553 g/mol. The van der Waals surface area contributed by atoms with Crippen LogP contribution >= 0.6 is 0 Å². The average Bonchev–Trinajstić information content (AvgIpc) is 3.25. The molecule has 43 heavy (non-hydrogen) atoms. The summed E-state index contributed by atoms with van der Waals surface area (Å²) in [5.74, 6) is 0. The van der Waals surface area contributed by atoms with Gasteiger partial charge in [0.2, 0.25) is 0 Å². The van der Waals surface area contributed by atoms with Gasteiger partial charge in [-0.05, 0) is 61.9 Å². The fraction of sp³-hybridized carbons (Fsp3) is 0.242. The number of nitrogens with one attached hydrogen (secondary N) is 1. The van der Waals surface area contributed by atoms with Gasteiger partial charge in [0.15, 0.2) is 0 Å². The van der Waals surface area contributed by atoms with Crippen molar-refractivity contribution < 1.29 is 13.2 Å². The number of fused-ring (bicyclic) bond motifs is 4. The van der Waals surface area contributed by atoms with Crippen molar-refractivity contribution in [1.82, 2.24) is 24.4 Å². The lowest BCUT2D eigenvalue weighted by molar-refractivity contribution is -0.137.